The van der Waals surface area contributed by atoms with Crippen molar-refractivity contribution in [2.24, 2.45) is 0 Å². The average Bonchev–Trinajstić information content (AvgIpc) is 2.92. The normalized spacial score (nSPS) is 14.4. The third-order valence-electron chi connectivity index (χ3n) is 6.85. The second kappa shape index (κ2) is 15.4. The zero-order valence-corrected chi connectivity index (χ0v) is 22.2. The number of unbranched alkanes of at least 4 members (excludes halogenated alkanes) is 1. The van der Waals surface area contributed by atoms with Crippen molar-refractivity contribution in [3.8, 4) is 0 Å². The highest BCUT2D eigenvalue weighted by Crippen LogP contribution is 2.20. The second-order valence-corrected chi connectivity index (χ2v) is 9.81. The lowest BCUT2D eigenvalue weighted by atomic mass is 10.1. The molecule has 2 heterocycles. The Hall–Kier alpha value is -3.04. The van der Waals surface area contributed by atoms with E-state index in [-0.39, 0.29) is 18.7 Å². The molecule has 0 saturated carbocycles. The third kappa shape index (κ3) is 9.36. The Morgan fingerprint density at radius 1 is 1.26 bits per heavy atom. The topological polar surface area (TPSA) is 86.7 Å². The number of hydrogen-bond donors (Lipinski definition) is 3. The van der Waals surface area contributed by atoms with Gasteiger partial charge in [-0.05, 0) is 68.3 Å². The minimum absolute atomic E-state index is 0.194. The lowest BCUT2D eigenvalue weighted by Gasteiger charge is -2.27. The van der Waals surface area contributed by atoms with Crippen LogP contribution in [0, 0.1) is 5.82 Å². The Morgan fingerprint density at radius 3 is 2.82 bits per heavy atom. The molecule has 1 aromatic heterocycles. The number of aliphatic carboxylic acids is 1. The molecular formula is C29H40F2N4O3. The summed E-state index contributed by atoms with van der Waals surface area (Å²) in [6.45, 7) is 5.74. The zero-order chi connectivity index (χ0) is 27.3. The van der Waals surface area contributed by atoms with Gasteiger partial charge in [0.05, 0.1) is 6.10 Å². The summed E-state index contributed by atoms with van der Waals surface area (Å²) in [6, 6.07) is 9.70. The van der Waals surface area contributed by atoms with Crippen LogP contribution in [0.1, 0.15) is 42.5 Å². The molecule has 0 fully saturated rings. The Morgan fingerprint density at radius 2 is 2.08 bits per heavy atom. The maximum atomic E-state index is 14.0. The zero-order valence-electron chi connectivity index (χ0n) is 22.2. The highest BCUT2D eigenvalue weighted by Gasteiger charge is 2.21. The summed E-state index contributed by atoms with van der Waals surface area (Å²) in [5.74, 6) is -0.377. The van der Waals surface area contributed by atoms with Crippen LogP contribution in [0.25, 0.3) is 0 Å². The van der Waals surface area contributed by atoms with Gasteiger partial charge in [0.1, 0.15) is 24.4 Å². The largest absolute Gasteiger partial charge is 0.480 e. The summed E-state index contributed by atoms with van der Waals surface area (Å²) in [7, 11) is 1.48. The molecule has 0 spiro atoms. The first-order valence-electron chi connectivity index (χ1n) is 13.3. The number of nitrogens with one attached hydrogen (secondary N) is 2. The van der Waals surface area contributed by atoms with Gasteiger partial charge in [0.15, 0.2) is 0 Å². The Labute approximate surface area is 224 Å². The maximum absolute atomic E-state index is 14.0. The average molecular weight is 531 g/mol. The summed E-state index contributed by atoms with van der Waals surface area (Å²) in [5.41, 5.74) is 3.19. The number of carbonyl (C=O) groups is 1. The third-order valence-corrected chi connectivity index (χ3v) is 6.85. The van der Waals surface area contributed by atoms with E-state index >= 15 is 0 Å². The Balaban J connectivity index is 1.51. The number of aromatic nitrogens is 1. The number of halogens is 2. The van der Waals surface area contributed by atoms with Crippen LogP contribution in [0.3, 0.4) is 0 Å². The molecule has 2 atom stereocenters. The molecule has 9 heteroatoms. The fourth-order valence-corrected chi connectivity index (χ4v) is 4.66. The monoisotopic (exact) mass is 530 g/mol. The Kier molecular flexibility index (Phi) is 12.0. The number of rotatable bonds is 17. The minimum atomic E-state index is -1.01. The summed E-state index contributed by atoms with van der Waals surface area (Å²) < 4.78 is 32.6. The van der Waals surface area contributed by atoms with Gasteiger partial charge in [-0.2, -0.15) is 0 Å². The second-order valence-electron chi connectivity index (χ2n) is 9.81. The standard InChI is InChI=1S/C29H40F2N4O3/c1-21(18-23-8-3-4-11-26(23)31)33-27(29(36)37)14-17-35(20-25(19-30)38-2)16-6-5-10-24-13-12-22-9-7-15-32-28(22)34-24/h3-4,8,11-13,25,27,33H,1,5-7,9-10,14-20H2,2H3,(H,32,34)(H,36,37). The first-order valence-corrected chi connectivity index (χ1v) is 13.3. The number of aryl methyl sites for hydroxylation is 2. The van der Waals surface area contributed by atoms with Crippen LogP contribution in [0.4, 0.5) is 14.6 Å². The van der Waals surface area contributed by atoms with Crippen LogP contribution in [-0.4, -0.2) is 73.1 Å². The fraction of sp³-hybridized carbons (Fsp3) is 0.517. The van der Waals surface area contributed by atoms with Crippen molar-refractivity contribution in [2.75, 3.05) is 45.3 Å². The van der Waals surface area contributed by atoms with Crippen molar-refractivity contribution in [1.82, 2.24) is 15.2 Å². The molecule has 1 aromatic carbocycles. The molecule has 38 heavy (non-hydrogen) atoms. The van der Waals surface area contributed by atoms with Gasteiger partial charge in [-0.25, -0.2) is 18.6 Å². The van der Waals surface area contributed by atoms with Crippen LogP contribution < -0.4 is 10.6 Å². The van der Waals surface area contributed by atoms with Crippen molar-refractivity contribution in [1.29, 1.82) is 0 Å². The van der Waals surface area contributed by atoms with Crippen LogP contribution >= 0.6 is 0 Å². The molecule has 0 bridgehead atoms. The number of fused-ring (bicyclic) bond motifs is 1. The van der Waals surface area contributed by atoms with E-state index in [0.29, 0.717) is 30.9 Å². The quantitative estimate of drug-likeness (QED) is 0.262. The van der Waals surface area contributed by atoms with Gasteiger partial charge in [0, 0.05) is 44.6 Å². The molecular weight excluding hydrogens is 490 g/mol. The number of alkyl halides is 1. The van der Waals surface area contributed by atoms with E-state index in [0.717, 1.165) is 50.2 Å². The summed E-state index contributed by atoms with van der Waals surface area (Å²) in [5, 5.41) is 16.1. The molecule has 208 valence electrons. The van der Waals surface area contributed by atoms with Crippen LogP contribution in [-0.2, 0) is 28.8 Å². The molecule has 1 aliphatic rings. The molecule has 0 aliphatic carbocycles. The number of anilines is 1. The van der Waals surface area contributed by atoms with E-state index in [4.69, 9.17) is 9.72 Å². The molecule has 7 nitrogen and oxygen atoms in total. The van der Waals surface area contributed by atoms with Gasteiger partial charge in [-0.15, -0.1) is 0 Å². The molecule has 3 rings (SSSR count). The van der Waals surface area contributed by atoms with Gasteiger partial charge in [0.2, 0.25) is 0 Å². The van der Waals surface area contributed by atoms with E-state index in [1.807, 2.05) is 4.90 Å². The minimum Gasteiger partial charge on any atom is -0.480 e. The molecule has 0 radical (unpaired) electrons. The molecule has 2 aromatic rings. The van der Waals surface area contributed by atoms with Gasteiger partial charge < -0.3 is 25.4 Å². The van der Waals surface area contributed by atoms with E-state index in [9.17, 15) is 18.7 Å². The number of ether oxygens (including phenoxy) is 1. The van der Waals surface area contributed by atoms with Crippen LogP contribution in [0.2, 0.25) is 0 Å². The van der Waals surface area contributed by atoms with Crippen molar-refractivity contribution in [3.05, 3.63) is 71.3 Å². The van der Waals surface area contributed by atoms with Crippen LogP contribution in [0.5, 0.6) is 0 Å². The summed E-state index contributed by atoms with van der Waals surface area (Å²) >= 11 is 0. The predicted molar refractivity (Wildman–Crippen MR) is 146 cm³/mol. The van der Waals surface area contributed by atoms with Gasteiger partial charge >= 0.3 is 5.97 Å². The van der Waals surface area contributed by atoms with Crippen molar-refractivity contribution < 1.29 is 23.4 Å². The number of methoxy groups -OCH3 is 1. The SMILES string of the molecule is C=C(Cc1ccccc1F)NC(CCN(CCCCc1ccc2c(n1)NCCC2)CC(CF)OC)C(=O)O. The Bertz CT molecular complexity index is 1050. The molecule has 0 amide bonds. The first-order chi connectivity index (χ1) is 18.4. The van der Waals surface area contributed by atoms with Crippen LogP contribution in [0.15, 0.2) is 48.7 Å². The number of nitrogens with zero attached hydrogens (tertiary/aromatic N) is 2. The number of pyridine rings is 1. The van der Waals surface area contributed by atoms with Gasteiger partial charge in [0.25, 0.3) is 0 Å². The maximum Gasteiger partial charge on any atom is 0.326 e. The number of hydrogen-bond acceptors (Lipinski definition) is 6. The van der Waals surface area contributed by atoms with Crippen molar-refractivity contribution in [2.45, 2.75) is 57.1 Å². The van der Waals surface area contributed by atoms with E-state index in [1.54, 1.807) is 18.2 Å². The van der Waals surface area contributed by atoms with E-state index in [2.05, 4.69) is 29.3 Å². The number of allylic oxidation sites excluding steroid dienone is 1. The number of benzene rings is 1. The molecule has 0 saturated heterocycles. The molecule has 2 unspecified atom stereocenters. The van der Waals surface area contributed by atoms with Gasteiger partial charge in [-0.3, -0.25) is 0 Å². The van der Waals surface area contributed by atoms with Crippen molar-refractivity contribution in [3.63, 3.8) is 0 Å². The highest BCUT2D eigenvalue weighted by atomic mass is 19.1. The lowest BCUT2D eigenvalue weighted by Crippen LogP contribution is -2.42. The number of carboxylic acid groups (broad SMARTS) is 1. The highest BCUT2D eigenvalue weighted by molar-refractivity contribution is 5.73. The number of carboxylic acids is 1. The van der Waals surface area contributed by atoms with Crippen molar-refractivity contribution >= 4 is 11.8 Å². The smallest absolute Gasteiger partial charge is 0.326 e. The molecule has 1 aliphatic heterocycles. The van der Waals surface area contributed by atoms with E-state index in [1.165, 1.54) is 18.7 Å². The van der Waals surface area contributed by atoms with E-state index < -0.39 is 24.8 Å². The first kappa shape index (κ1) is 29.5. The predicted octanol–water partition coefficient (Wildman–Crippen LogP) is 4.38. The molecule has 3 N–H and O–H groups in total. The lowest BCUT2D eigenvalue weighted by molar-refractivity contribution is -0.139. The fourth-order valence-electron chi connectivity index (χ4n) is 4.66. The van der Waals surface area contributed by atoms with Gasteiger partial charge in [-0.1, -0.05) is 30.8 Å². The summed E-state index contributed by atoms with van der Waals surface area (Å²) in [6.07, 6.45) is 4.71. The summed E-state index contributed by atoms with van der Waals surface area (Å²) in [4.78, 5) is 18.7.